The van der Waals surface area contributed by atoms with Gasteiger partial charge in [0.25, 0.3) is 10.0 Å². The molecule has 4 aromatic rings. The summed E-state index contributed by atoms with van der Waals surface area (Å²) in [6.45, 7) is 7.78. The van der Waals surface area contributed by atoms with Crippen molar-refractivity contribution in [1.82, 2.24) is 10.2 Å². The molecule has 4 aromatic carbocycles. The van der Waals surface area contributed by atoms with Gasteiger partial charge >= 0.3 is 0 Å². The molecule has 0 unspecified atom stereocenters. The van der Waals surface area contributed by atoms with E-state index in [0.717, 1.165) is 27.4 Å². The van der Waals surface area contributed by atoms with Crippen molar-refractivity contribution < 1.29 is 22.7 Å². The first-order valence-corrected chi connectivity index (χ1v) is 17.1. The molecule has 4 rings (SSSR count). The third kappa shape index (κ3) is 8.75. The van der Waals surface area contributed by atoms with Gasteiger partial charge in [-0.2, -0.15) is 0 Å². The number of para-hydroxylation sites is 1. The van der Waals surface area contributed by atoms with Crippen molar-refractivity contribution in [3.05, 3.63) is 126 Å². The average Bonchev–Trinajstić information content (AvgIpc) is 3.07. The number of hydrogen-bond acceptors (Lipinski definition) is 5. The third-order valence-electron chi connectivity index (χ3n) is 7.92. The van der Waals surface area contributed by atoms with Crippen molar-refractivity contribution in [3.63, 3.8) is 0 Å². The van der Waals surface area contributed by atoms with Crippen molar-refractivity contribution in [3.8, 4) is 5.75 Å². The zero-order valence-corrected chi connectivity index (χ0v) is 27.7. The van der Waals surface area contributed by atoms with Crippen LogP contribution in [-0.4, -0.2) is 50.4 Å². The van der Waals surface area contributed by atoms with E-state index in [1.807, 2.05) is 82.3 Å². The Morgan fingerprint density at radius 3 is 2.04 bits per heavy atom. The summed E-state index contributed by atoms with van der Waals surface area (Å²) >= 11 is 0. The van der Waals surface area contributed by atoms with Gasteiger partial charge in [-0.05, 0) is 80.3 Å². The monoisotopic (exact) mass is 641 g/mol. The second-order valence-corrected chi connectivity index (χ2v) is 13.1. The first-order chi connectivity index (χ1) is 22.1. The Morgan fingerprint density at radius 2 is 1.43 bits per heavy atom. The van der Waals surface area contributed by atoms with E-state index in [1.165, 1.54) is 17.0 Å². The van der Waals surface area contributed by atoms with Crippen LogP contribution >= 0.6 is 0 Å². The number of anilines is 1. The fraction of sp³-hybridized carbons (Fsp3) is 0.297. The molecule has 242 valence electrons. The van der Waals surface area contributed by atoms with Crippen molar-refractivity contribution >= 4 is 27.5 Å². The summed E-state index contributed by atoms with van der Waals surface area (Å²) in [6.07, 6.45) is 0.982. The van der Waals surface area contributed by atoms with E-state index in [1.54, 1.807) is 42.5 Å². The highest BCUT2D eigenvalue weighted by molar-refractivity contribution is 7.92. The molecule has 2 amide bonds. The van der Waals surface area contributed by atoms with E-state index in [0.29, 0.717) is 18.0 Å². The molecule has 0 aliphatic heterocycles. The SMILES string of the molecule is CCOc1ccc(S(=O)(=O)N(CC(=O)N(Cc2ccccc2C)[C@@H](Cc2ccccc2)C(=O)N[C@H](C)CC)c2ccccc2)cc1. The molecule has 8 nitrogen and oxygen atoms in total. The lowest BCUT2D eigenvalue weighted by Gasteiger charge is -2.34. The third-order valence-corrected chi connectivity index (χ3v) is 9.71. The molecule has 0 aromatic heterocycles. The summed E-state index contributed by atoms with van der Waals surface area (Å²) < 4.78 is 35.0. The maximum Gasteiger partial charge on any atom is 0.264 e. The standard InChI is InChI=1S/C37H43N3O5S/c1-5-29(4)38-37(42)35(25-30-16-9-7-10-17-30)39(26-31-18-14-13-15-28(31)3)36(41)27-40(32-19-11-8-12-20-32)46(43,44)34-23-21-33(22-24-34)45-6-2/h7-24,29,35H,5-6,25-27H2,1-4H3,(H,38,42)/t29-,35+/m1/s1. The van der Waals surface area contributed by atoms with Gasteiger partial charge in [-0.25, -0.2) is 8.42 Å². The zero-order valence-electron chi connectivity index (χ0n) is 26.9. The highest BCUT2D eigenvalue weighted by atomic mass is 32.2. The Hall–Kier alpha value is -4.63. The molecule has 0 fully saturated rings. The van der Waals surface area contributed by atoms with Crippen LogP contribution in [0.1, 0.15) is 43.9 Å². The Morgan fingerprint density at radius 1 is 0.826 bits per heavy atom. The summed E-state index contributed by atoms with van der Waals surface area (Å²) in [5, 5.41) is 3.07. The van der Waals surface area contributed by atoms with Crippen LogP contribution in [0.4, 0.5) is 5.69 Å². The molecular weight excluding hydrogens is 598 g/mol. The molecule has 0 saturated carbocycles. The van der Waals surface area contributed by atoms with Crippen LogP contribution < -0.4 is 14.4 Å². The van der Waals surface area contributed by atoms with Crippen LogP contribution in [0.5, 0.6) is 5.75 Å². The molecule has 0 heterocycles. The van der Waals surface area contributed by atoms with E-state index in [-0.39, 0.29) is 29.8 Å². The van der Waals surface area contributed by atoms with Crippen molar-refractivity contribution in [2.75, 3.05) is 17.5 Å². The lowest BCUT2D eigenvalue weighted by Crippen LogP contribution is -2.54. The second kappa shape index (κ2) is 16.1. The van der Waals surface area contributed by atoms with Crippen LogP contribution in [0.25, 0.3) is 0 Å². The predicted molar refractivity (Wildman–Crippen MR) is 182 cm³/mol. The van der Waals surface area contributed by atoms with Crippen molar-refractivity contribution in [1.29, 1.82) is 0 Å². The first-order valence-electron chi connectivity index (χ1n) is 15.6. The first kappa shape index (κ1) is 34.2. The number of carbonyl (C=O) groups is 2. The summed E-state index contributed by atoms with van der Waals surface area (Å²) in [5.74, 6) is -0.244. The van der Waals surface area contributed by atoms with Crippen LogP contribution in [0.15, 0.2) is 114 Å². The van der Waals surface area contributed by atoms with Gasteiger partial charge < -0.3 is 15.0 Å². The Labute approximate surface area is 273 Å². The molecular formula is C37H43N3O5S. The number of benzene rings is 4. The number of carbonyl (C=O) groups excluding carboxylic acids is 2. The number of aryl methyl sites for hydroxylation is 1. The summed E-state index contributed by atoms with van der Waals surface area (Å²) in [7, 11) is -4.19. The van der Waals surface area contributed by atoms with Crippen LogP contribution in [0.2, 0.25) is 0 Å². The quantitative estimate of drug-likeness (QED) is 0.168. The van der Waals surface area contributed by atoms with Gasteiger partial charge in [0, 0.05) is 19.0 Å². The predicted octanol–water partition coefficient (Wildman–Crippen LogP) is 6.14. The van der Waals surface area contributed by atoms with Crippen molar-refractivity contribution in [2.24, 2.45) is 0 Å². The van der Waals surface area contributed by atoms with E-state index >= 15 is 0 Å². The van der Waals surface area contributed by atoms with Crippen LogP contribution in [0, 0.1) is 6.92 Å². The highest BCUT2D eigenvalue weighted by Crippen LogP contribution is 2.26. The maximum absolute atomic E-state index is 14.6. The lowest BCUT2D eigenvalue weighted by atomic mass is 10.0. The zero-order chi connectivity index (χ0) is 33.1. The number of rotatable bonds is 15. The molecule has 0 aliphatic carbocycles. The van der Waals surface area contributed by atoms with E-state index in [2.05, 4.69) is 5.32 Å². The Balaban J connectivity index is 1.79. The van der Waals surface area contributed by atoms with Gasteiger partial charge in [0.1, 0.15) is 18.3 Å². The molecule has 9 heteroatoms. The molecule has 1 N–H and O–H groups in total. The van der Waals surface area contributed by atoms with E-state index in [9.17, 15) is 18.0 Å². The number of sulfonamides is 1. The second-order valence-electron chi connectivity index (χ2n) is 11.2. The molecule has 0 spiro atoms. The fourth-order valence-electron chi connectivity index (χ4n) is 5.09. The summed E-state index contributed by atoms with van der Waals surface area (Å²) in [6, 6.07) is 30.9. The summed E-state index contributed by atoms with van der Waals surface area (Å²) in [5.41, 5.74) is 3.05. The van der Waals surface area contributed by atoms with Gasteiger partial charge in [-0.3, -0.25) is 13.9 Å². The minimum absolute atomic E-state index is 0.0217. The molecule has 0 aliphatic rings. The number of ether oxygens (including phenoxy) is 1. The molecule has 2 atom stereocenters. The van der Waals surface area contributed by atoms with Gasteiger partial charge in [-0.1, -0.05) is 79.7 Å². The van der Waals surface area contributed by atoms with Gasteiger partial charge in [0.2, 0.25) is 11.8 Å². The minimum Gasteiger partial charge on any atom is -0.494 e. The molecule has 0 saturated heterocycles. The molecule has 0 bridgehead atoms. The lowest BCUT2D eigenvalue weighted by molar-refractivity contribution is -0.140. The smallest absolute Gasteiger partial charge is 0.264 e. The molecule has 0 radical (unpaired) electrons. The van der Waals surface area contributed by atoms with Crippen molar-refractivity contribution in [2.45, 2.75) is 64.1 Å². The Bertz CT molecular complexity index is 1680. The number of amides is 2. The van der Waals surface area contributed by atoms with Crippen LogP contribution in [0.3, 0.4) is 0 Å². The van der Waals surface area contributed by atoms with E-state index in [4.69, 9.17) is 4.74 Å². The van der Waals surface area contributed by atoms with Gasteiger partial charge in [0.05, 0.1) is 17.2 Å². The summed E-state index contributed by atoms with van der Waals surface area (Å²) in [4.78, 5) is 30.1. The topological polar surface area (TPSA) is 96.0 Å². The average molecular weight is 642 g/mol. The normalized spacial score (nSPS) is 12.5. The van der Waals surface area contributed by atoms with Gasteiger partial charge in [0.15, 0.2) is 0 Å². The highest BCUT2D eigenvalue weighted by Gasteiger charge is 2.35. The minimum atomic E-state index is -4.19. The Kier molecular flexibility index (Phi) is 12.0. The number of nitrogens with zero attached hydrogens (tertiary/aromatic N) is 2. The van der Waals surface area contributed by atoms with Crippen LogP contribution in [-0.2, 0) is 32.6 Å². The fourth-order valence-corrected chi connectivity index (χ4v) is 6.50. The molecule has 46 heavy (non-hydrogen) atoms. The van der Waals surface area contributed by atoms with Gasteiger partial charge in [-0.15, -0.1) is 0 Å². The number of nitrogens with one attached hydrogen (secondary N) is 1. The number of hydrogen-bond donors (Lipinski definition) is 1. The maximum atomic E-state index is 14.6. The largest absolute Gasteiger partial charge is 0.494 e. The van der Waals surface area contributed by atoms with E-state index < -0.39 is 28.5 Å².